The molecule has 0 bridgehead atoms. The first-order valence-corrected chi connectivity index (χ1v) is 13.0. The highest BCUT2D eigenvalue weighted by atomic mass is 32.2. The van der Waals surface area contributed by atoms with Crippen molar-refractivity contribution in [2.45, 2.75) is 19.4 Å². The normalized spacial score (nSPS) is 17.9. The number of anilines is 1. The second-order valence-electron chi connectivity index (χ2n) is 8.37. The fourth-order valence-corrected chi connectivity index (χ4v) is 5.41. The maximum Gasteiger partial charge on any atom is 0.290 e. The molecule has 8 nitrogen and oxygen atoms in total. The van der Waals surface area contributed by atoms with E-state index in [0.29, 0.717) is 40.4 Å². The standard InChI is InChI=1S/C24H23FN6O2S2/c25-17-9-19(28-20(10-17)16-4-8-34-14-16)13-26-12-15-2-6-31(7-3-15)23-27-5-1-18(29-23)11-21-22(32)30-24(33)35-21/h1,4-5,8-11,14-15,26H,2-3,6-7,12-13H2,(H,30,32,33)/b21-11-. The molecule has 2 saturated heterocycles. The molecule has 0 atom stereocenters. The van der Waals surface area contributed by atoms with Crippen LogP contribution in [0.4, 0.5) is 15.1 Å². The maximum atomic E-state index is 14.1. The molecule has 0 radical (unpaired) electrons. The van der Waals surface area contributed by atoms with Gasteiger partial charge in [0.1, 0.15) is 5.82 Å². The van der Waals surface area contributed by atoms with Gasteiger partial charge in [0, 0.05) is 42.8 Å². The minimum Gasteiger partial charge on any atom is -0.341 e. The lowest BCUT2D eigenvalue weighted by atomic mass is 9.97. The van der Waals surface area contributed by atoms with Gasteiger partial charge in [-0.2, -0.15) is 11.3 Å². The highest BCUT2D eigenvalue weighted by Gasteiger charge is 2.25. The van der Waals surface area contributed by atoms with Crippen LogP contribution in [-0.2, 0) is 11.3 Å². The Labute approximate surface area is 210 Å². The molecular formula is C24H23FN6O2S2. The Kier molecular flexibility index (Phi) is 7.16. The Balaban J connectivity index is 1.12. The molecular weight excluding hydrogens is 487 g/mol. The Morgan fingerprint density at radius 1 is 1.20 bits per heavy atom. The molecule has 2 aliphatic heterocycles. The van der Waals surface area contributed by atoms with Crippen molar-refractivity contribution in [3.8, 4) is 11.3 Å². The number of carbonyl (C=O) groups excluding carboxylic acids is 2. The first kappa shape index (κ1) is 23.6. The molecule has 2 amide bonds. The van der Waals surface area contributed by atoms with Crippen LogP contribution in [0, 0.1) is 11.7 Å². The van der Waals surface area contributed by atoms with Crippen molar-refractivity contribution in [2.24, 2.45) is 5.92 Å². The number of thiophene rings is 1. The molecule has 0 saturated carbocycles. The highest BCUT2D eigenvalue weighted by Crippen LogP contribution is 2.26. The molecule has 35 heavy (non-hydrogen) atoms. The van der Waals surface area contributed by atoms with Crippen molar-refractivity contribution in [3.05, 3.63) is 63.3 Å². The van der Waals surface area contributed by atoms with Crippen LogP contribution in [0.5, 0.6) is 0 Å². The van der Waals surface area contributed by atoms with E-state index in [0.717, 1.165) is 49.8 Å². The van der Waals surface area contributed by atoms with E-state index >= 15 is 0 Å². The molecule has 2 aliphatic rings. The van der Waals surface area contributed by atoms with E-state index in [1.54, 1.807) is 29.7 Å². The van der Waals surface area contributed by atoms with Gasteiger partial charge >= 0.3 is 0 Å². The summed E-state index contributed by atoms with van der Waals surface area (Å²) in [4.78, 5) is 39.1. The van der Waals surface area contributed by atoms with Gasteiger partial charge < -0.3 is 10.2 Å². The molecule has 0 unspecified atom stereocenters. The highest BCUT2D eigenvalue weighted by molar-refractivity contribution is 8.18. The molecule has 5 heterocycles. The second-order valence-corrected chi connectivity index (χ2v) is 10.2. The maximum absolute atomic E-state index is 14.1. The molecule has 0 spiro atoms. The number of piperidine rings is 1. The summed E-state index contributed by atoms with van der Waals surface area (Å²) < 4.78 is 14.1. The van der Waals surface area contributed by atoms with Gasteiger partial charge in [-0.3, -0.25) is 19.9 Å². The first-order valence-electron chi connectivity index (χ1n) is 11.3. The average Bonchev–Trinajstić information content (AvgIpc) is 3.49. The number of hydrogen-bond donors (Lipinski definition) is 2. The Hall–Kier alpha value is -3.15. The lowest BCUT2D eigenvalue weighted by molar-refractivity contribution is -0.115. The number of pyridine rings is 1. The zero-order valence-corrected chi connectivity index (χ0v) is 20.4. The van der Waals surface area contributed by atoms with Gasteiger partial charge in [-0.15, -0.1) is 0 Å². The van der Waals surface area contributed by atoms with E-state index < -0.39 is 5.91 Å². The van der Waals surface area contributed by atoms with Crippen molar-refractivity contribution in [2.75, 3.05) is 24.5 Å². The molecule has 11 heteroatoms. The number of rotatable bonds is 7. The van der Waals surface area contributed by atoms with E-state index in [1.807, 2.05) is 16.8 Å². The summed E-state index contributed by atoms with van der Waals surface area (Å²) in [6.45, 7) is 2.98. The summed E-state index contributed by atoms with van der Waals surface area (Å²) in [6.07, 6.45) is 5.23. The predicted molar refractivity (Wildman–Crippen MR) is 135 cm³/mol. The van der Waals surface area contributed by atoms with E-state index in [1.165, 1.54) is 12.1 Å². The van der Waals surface area contributed by atoms with Gasteiger partial charge in [-0.1, -0.05) is 0 Å². The Morgan fingerprint density at radius 2 is 2.06 bits per heavy atom. The zero-order valence-electron chi connectivity index (χ0n) is 18.7. The van der Waals surface area contributed by atoms with Crippen molar-refractivity contribution in [1.82, 2.24) is 25.6 Å². The third-order valence-electron chi connectivity index (χ3n) is 5.88. The van der Waals surface area contributed by atoms with Crippen molar-refractivity contribution in [1.29, 1.82) is 0 Å². The number of thioether (sulfide) groups is 1. The summed E-state index contributed by atoms with van der Waals surface area (Å²) in [6, 6.07) is 6.61. The summed E-state index contributed by atoms with van der Waals surface area (Å²) in [7, 11) is 0. The fourth-order valence-electron chi connectivity index (χ4n) is 4.09. The quantitative estimate of drug-likeness (QED) is 0.459. The minimum atomic E-state index is -0.399. The smallest absolute Gasteiger partial charge is 0.290 e. The summed E-state index contributed by atoms with van der Waals surface area (Å²) >= 11 is 2.44. The lowest BCUT2D eigenvalue weighted by Crippen LogP contribution is -2.38. The SMILES string of the molecule is O=C1NC(=O)/C(=C/c2ccnc(N3CCC(CNCc4cc(F)cc(-c5ccsc5)n4)CC3)n2)S1. The summed E-state index contributed by atoms with van der Waals surface area (Å²) in [5, 5.41) is 9.23. The van der Waals surface area contributed by atoms with Crippen LogP contribution in [-0.4, -0.2) is 45.7 Å². The lowest BCUT2D eigenvalue weighted by Gasteiger charge is -2.32. The van der Waals surface area contributed by atoms with Crippen LogP contribution < -0.4 is 15.5 Å². The number of nitrogens with zero attached hydrogens (tertiary/aromatic N) is 4. The van der Waals surface area contributed by atoms with Gasteiger partial charge in [0.25, 0.3) is 11.1 Å². The molecule has 5 rings (SSSR count). The summed E-state index contributed by atoms with van der Waals surface area (Å²) in [5.41, 5.74) is 2.88. The molecule has 0 aromatic carbocycles. The van der Waals surface area contributed by atoms with Crippen LogP contribution in [0.3, 0.4) is 0 Å². The van der Waals surface area contributed by atoms with Gasteiger partial charge in [0.15, 0.2) is 0 Å². The van der Waals surface area contributed by atoms with Gasteiger partial charge in [-0.25, -0.2) is 14.4 Å². The molecule has 3 aromatic rings. The van der Waals surface area contributed by atoms with Gasteiger partial charge in [0.05, 0.1) is 22.0 Å². The van der Waals surface area contributed by atoms with E-state index in [4.69, 9.17) is 0 Å². The number of nitrogens with one attached hydrogen (secondary N) is 2. The minimum absolute atomic E-state index is 0.275. The number of aromatic nitrogens is 3. The predicted octanol–water partition coefficient (Wildman–Crippen LogP) is 4.07. The van der Waals surface area contributed by atoms with Crippen LogP contribution in [0.15, 0.2) is 46.1 Å². The first-order chi connectivity index (χ1) is 17.0. The van der Waals surface area contributed by atoms with Gasteiger partial charge in [-0.05, 0) is 66.7 Å². The Bertz CT molecular complexity index is 1260. The van der Waals surface area contributed by atoms with Crippen LogP contribution >= 0.6 is 23.1 Å². The van der Waals surface area contributed by atoms with Crippen molar-refractivity contribution >= 4 is 46.3 Å². The topological polar surface area (TPSA) is 100 Å². The Morgan fingerprint density at radius 3 is 2.80 bits per heavy atom. The van der Waals surface area contributed by atoms with Gasteiger partial charge in [0.2, 0.25) is 5.95 Å². The van der Waals surface area contributed by atoms with E-state index in [9.17, 15) is 14.0 Å². The number of hydrogen-bond acceptors (Lipinski definition) is 9. The number of imide groups is 1. The third-order valence-corrected chi connectivity index (χ3v) is 7.38. The molecule has 0 aliphatic carbocycles. The van der Waals surface area contributed by atoms with E-state index in [2.05, 4.69) is 30.5 Å². The largest absolute Gasteiger partial charge is 0.341 e. The monoisotopic (exact) mass is 510 g/mol. The average molecular weight is 511 g/mol. The van der Waals surface area contributed by atoms with Crippen LogP contribution in [0.1, 0.15) is 24.2 Å². The van der Waals surface area contributed by atoms with Crippen molar-refractivity contribution in [3.63, 3.8) is 0 Å². The molecule has 2 fully saturated rings. The van der Waals surface area contributed by atoms with E-state index in [-0.39, 0.29) is 11.1 Å². The number of carbonyl (C=O) groups is 2. The molecule has 180 valence electrons. The third kappa shape index (κ3) is 5.92. The fraction of sp³-hybridized carbons (Fsp3) is 0.292. The van der Waals surface area contributed by atoms with Crippen LogP contribution in [0.25, 0.3) is 17.3 Å². The van der Waals surface area contributed by atoms with Crippen LogP contribution in [0.2, 0.25) is 0 Å². The molecule has 2 N–H and O–H groups in total. The van der Waals surface area contributed by atoms with Crippen molar-refractivity contribution < 1.29 is 14.0 Å². The zero-order chi connectivity index (χ0) is 24.2. The number of halogens is 1. The summed E-state index contributed by atoms with van der Waals surface area (Å²) in [5.74, 6) is 0.434. The number of amides is 2. The molecule has 3 aromatic heterocycles. The second kappa shape index (κ2) is 10.6.